The normalized spacial score (nSPS) is 15.5. The average Bonchev–Trinajstić information content (AvgIpc) is 1.93. The fourth-order valence-electron chi connectivity index (χ4n) is 0.727. The first-order valence-electron chi connectivity index (χ1n) is 4.75. The van der Waals surface area contributed by atoms with E-state index in [1.165, 1.54) is 13.3 Å². The molecule has 0 N–H and O–H groups in total. The molecule has 0 unspecified atom stereocenters. The van der Waals surface area contributed by atoms with Crippen molar-refractivity contribution in [3.8, 4) is 0 Å². The molecule has 17 heavy (non-hydrogen) atoms. The van der Waals surface area contributed by atoms with Gasteiger partial charge in [0.1, 0.15) is 7.49 Å². The summed E-state index contributed by atoms with van der Waals surface area (Å²) < 4.78 is 78.2. The van der Waals surface area contributed by atoms with Gasteiger partial charge in [-0.3, -0.25) is 0 Å². The van der Waals surface area contributed by atoms with Crippen molar-refractivity contribution >= 4 is 7.49 Å². The lowest BCUT2D eigenvalue weighted by atomic mass is 10.3. The van der Waals surface area contributed by atoms with Crippen LogP contribution in [0.1, 0.15) is 20.8 Å². The highest BCUT2D eigenvalue weighted by Gasteiger charge is 2.63. The van der Waals surface area contributed by atoms with Crippen LogP contribution in [0.15, 0.2) is 0 Å². The fraction of sp³-hybridized carbons (Fsp3) is 1.00. The molecule has 0 saturated heterocycles. The van der Waals surface area contributed by atoms with Gasteiger partial charge in [0.25, 0.3) is 6.10 Å². The van der Waals surface area contributed by atoms with Gasteiger partial charge in [-0.25, -0.2) is 4.52 Å². The predicted molar refractivity (Wildman–Crippen MR) is 55.5 cm³/mol. The summed E-state index contributed by atoms with van der Waals surface area (Å²) in [6, 6.07) is 0. The molecule has 0 aliphatic rings. The maximum atomic E-state index is 12.3. The van der Waals surface area contributed by atoms with Crippen molar-refractivity contribution in [2.45, 2.75) is 44.4 Å². The van der Waals surface area contributed by atoms with Crippen LogP contribution in [-0.2, 0) is 4.52 Å². The van der Waals surface area contributed by atoms with Crippen LogP contribution < -0.4 is 0 Å². The van der Waals surface area contributed by atoms with Gasteiger partial charge >= 0.3 is 12.4 Å². The maximum Gasteiger partial charge on any atom is 0.427 e. The Kier molecular flexibility index (Phi) is 4.57. The van der Waals surface area contributed by atoms with Crippen LogP contribution >= 0.6 is 7.49 Å². The van der Waals surface area contributed by atoms with Gasteiger partial charge in [0.2, 0.25) is 0 Å². The minimum absolute atomic E-state index is 0.748. The highest BCUT2D eigenvalue weighted by atomic mass is 31.2. The SMILES string of the molecule is CC(C)(C)[P+](C)(C)OC(C(F)(F)F)C(F)(F)F. The Morgan fingerprint density at radius 1 is 0.824 bits per heavy atom. The maximum absolute atomic E-state index is 12.3. The molecule has 8 heteroatoms. The van der Waals surface area contributed by atoms with Crippen LogP contribution in [0.3, 0.4) is 0 Å². The summed E-state index contributed by atoms with van der Waals surface area (Å²) >= 11 is 0. The summed E-state index contributed by atoms with van der Waals surface area (Å²) in [6.45, 7) is 7.31. The lowest BCUT2D eigenvalue weighted by molar-refractivity contribution is -0.299. The molecule has 0 aromatic rings. The van der Waals surface area contributed by atoms with E-state index in [4.69, 9.17) is 0 Å². The van der Waals surface area contributed by atoms with Crippen LogP contribution in [0.4, 0.5) is 26.3 Å². The van der Waals surface area contributed by atoms with Crippen molar-refractivity contribution in [1.82, 2.24) is 0 Å². The Balaban J connectivity index is 5.17. The zero-order chi connectivity index (χ0) is 14.3. The third-order valence-electron chi connectivity index (χ3n) is 2.58. The molecule has 0 bridgehead atoms. The van der Waals surface area contributed by atoms with Crippen molar-refractivity contribution in [2.75, 3.05) is 13.3 Å². The summed E-state index contributed by atoms with van der Waals surface area (Å²) in [6.07, 6.45) is -14.6. The fourth-order valence-corrected chi connectivity index (χ4v) is 1.81. The van der Waals surface area contributed by atoms with Crippen molar-refractivity contribution in [1.29, 1.82) is 0 Å². The van der Waals surface area contributed by atoms with Crippen molar-refractivity contribution < 1.29 is 30.9 Å². The average molecular weight is 285 g/mol. The summed E-state index contributed by atoms with van der Waals surface area (Å²) in [5, 5.41) is -0.748. The number of alkyl halides is 6. The Morgan fingerprint density at radius 2 is 1.12 bits per heavy atom. The van der Waals surface area contributed by atoms with E-state index >= 15 is 0 Å². The van der Waals surface area contributed by atoms with Crippen LogP contribution in [0, 0.1) is 0 Å². The summed E-state index contributed by atoms with van der Waals surface area (Å²) in [7, 11) is -2.82. The van der Waals surface area contributed by atoms with Gasteiger partial charge in [-0.2, -0.15) is 26.3 Å². The molecule has 0 aliphatic carbocycles. The smallest absolute Gasteiger partial charge is 0.216 e. The van der Waals surface area contributed by atoms with Gasteiger partial charge in [0.15, 0.2) is 0 Å². The molecule has 0 fully saturated rings. The second-order valence-electron chi connectivity index (χ2n) is 5.09. The lowest BCUT2D eigenvalue weighted by Crippen LogP contribution is -2.45. The predicted octanol–water partition coefficient (Wildman–Crippen LogP) is 4.49. The Bertz CT molecular complexity index is 248. The molecule has 0 amide bonds. The van der Waals surface area contributed by atoms with Crippen molar-refractivity contribution in [3.63, 3.8) is 0 Å². The van der Waals surface area contributed by atoms with E-state index in [1.54, 1.807) is 20.8 Å². The molecule has 0 aromatic carbocycles. The summed E-state index contributed by atoms with van der Waals surface area (Å²) in [4.78, 5) is 0. The van der Waals surface area contributed by atoms with Gasteiger partial charge in [-0.1, -0.05) is 0 Å². The Morgan fingerprint density at radius 3 is 1.29 bits per heavy atom. The molecule has 0 saturated carbocycles. The first-order valence-corrected chi connectivity index (χ1v) is 7.35. The zero-order valence-corrected chi connectivity index (χ0v) is 11.1. The van der Waals surface area contributed by atoms with E-state index in [9.17, 15) is 26.3 Å². The highest BCUT2D eigenvalue weighted by molar-refractivity contribution is 7.71. The van der Waals surface area contributed by atoms with Crippen molar-refractivity contribution in [2.24, 2.45) is 0 Å². The van der Waals surface area contributed by atoms with E-state index in [2.05, 4.69) is 4.52 Å². The van der Waals surface area contributed by atoms with Gasteiger partial charge in [-0.05, 0) is 20.8 Å². The largest absolute Gasteiger partial charge is 0.427 e. The minimum Gasteiger partial charge on any atom is -0.216 e. The molecule has 0 rings (SSSR count). The molecule has 0 heterocycles. The zero-order valence-electron chi connectivity index (χ0n) is 10.2. The monoisotopic (exact) mass is 285 g/mol. The van der Waals surface area contributed by atoms with Crippen LogP contribution in [0.25, 0.3) is 0 Å². The molecule has 0 radical (unpaired) electrons. The van der Waals surface area contributed by atoms with Gasteiger partial charge < -0.3 is 0 Å². The Labute approximate surface area is 96.9 Å². The lowest BCUT2D eigenvalue weighted by Gasteiger charge is -2.34. The second-order valence-corrected chi connectivity index (χ2v) is 9.34. The third-order valence-corrected chi connectivity index (χ3v) is 6.55. The second kappa shape index (κ2) is 4.57. The van der Waals surface area contributed by atoms with E-state index in [1.807, 2.05) is 0 Å². The van der Waals surface area contributed by atoms with E-state index in [0.717, 1.165) is 0 Å². The van der Waals surface area contributed by atoms with Gasteiger partial charge in [-0.15, -0.1) is 0 Å². The van der Waals surface area contributed by atoms with Crippen LogP contribution in [-0.4, -0.2) is 36.9 Å². The number of rotatable bonds is 2. The first-order chi connectivity index (χ1) is 7.09. The topological polar surface area (TPSA) is 9.23 Å². The van der Waals surface area contributed by atoms with Gasteiger partial charge in [0.05, 0.1) is 18.5 Å². The molecule has 0 atom stereocenters. The molecule has 0 spiro atoms. The summed E-state index contributed by atoms with van der Waals surface area (Å²) in [5.74, 6) is 0. The van der Waals surface area contributed by atoms with Crippen LogP contribution in [0.5, 0.6) is 0 Å². The molecular weight excluding hydrogens is 269 g/mol. The number of hydrogen-bond acceptors (Lipinski definition) is 1. The van der Waals surface area contributed by atoms with Gasteiger partial charge in [0, 0.05) is 0 Å². The van der Waals surface area contributed by atoms with E-state index in [0.29, 0.717) is 0 Å². The highest BCUT2D eigenvalue weighted by Crippen LogP contribution is 2.66. The molecule has 1 nitrogen and oxygen atoms in total. The van der Waals surface area contributed by atoms with Crippen LogP contribution in [0.2, 0.25) is 0 Å². The minimum atomic E-state index is -5.44. The van der Waals surface area contributed by atoms with Crippen molar-refractivity contribution in [3.05, 3.63) is 0 Å². The molecule has 0 aliphatic heterocycles. The summed E-state index contributed by atoms with van der Waals surface area (Å²) in [5.41, 5.74) is 0. The number of halogens is 6. The molecule has 0 aromatic heterocycles. The Hall–Kier alpha value is -0.0300. The molecular formula is C9H16F6OP+. The quantitative estimate of drug-likeness (QED) is 0.536. The third kappa shape index (κ3) is 4.62. The molecule has 104 valence electrons. The standard InChI is InChI=1S/C9H16F6OP/c1-7(2,3)17(4,5)16-6(8(10,11)12)9(13,14)15/h6H,1-5H3/q+1. The number of hydrogen-bond donors (Lipinski definition) is 0. The van der Waals surface area contributed by atoms with E-state index in [-0.39, 0.29) is 0 Å². The van der Waals surface area contributed by atoms with E-state index < -0.39 is 31.1 Å². The first kappa shape index (κ1) is 17.0.